The van der Waals surface area contributed by atoms with Gasteiger partial charge >= 0.3 is 0 Å². The fourth-order valence-electron chi connectivity index (χ4n) is 4.05. The fourth-order valence-corrected chi connectivity index (χ4v) is 4.05. The molecule has 1 fully saturated rings. The van der Waals surface area contributed by atoms with Crippen molar-refractivity contribution in [1.29, 1.82) is 0 Å². The van der Waals surface area contributed by atoms with Crippen LogP contribution in [0.3, 0.4) is 0 Å². The number of rotatable bonds is 5. The van der Waals surface area contributed by atoms with Crippen molar-refractivity contribution >= 4 is 28.5 Å². The number of aromatic amines is 1. The SMILES string of the molecule is COc1cnc(-n2nccn2)c2[nH]cc(C(=O)C(=O)N3CCN(C(=O)c4ccccc4)CC3)c12. The van der Waals surface area contributed by atoms with Crippen molar-refractivity contribution in [3.05, 3.63) is 66.2 Å². The molecule has 0 spiro atoms. The summed E-state index contributed by atoms with van der Waals surface area (Å²) in [7, 11) is 1.47. The number of carbonyl (C=O) groups excluding carboxylic acids is 3. The van der Waals surface area contributed by atoms with Gasteiger partial charge in [0.15, 0.2) is 5.82 Å². The van der Waals surface area contributed by atoms with Crippen LogP contribution in [-0.2, 0) is 4.79 Å². The lowest BCUT2D eigenvalue weighted by Crippen LogP contribution is -2.52. The van der Waals surface area contributed by atoms with Crippen LogP contribution in [0.5, 0.6) is 5.75 Å². The number of carbonyl (C=O) groups is 3. The molecule has 172 valence electrons. The summed E-state index contributed by atoms with van der Waals surface area (Å²) in [6.07, 6.45) is 5.96. The van der Waals surface area contributed by atoms with Gasteiger partial charge in [-0.25, -0.2) is 4.98 Å². The zero-order chi connectivity index (χ0) is 23.7. The highest BCUT2D eigenvalue weighted by atomic mass is 16.5. The quantitative estimate of drug-likeness (QED) is 0.352. The van der Waals surface area contributed by atoms with Gasteiger partial charge in [0.2, 0.25) is 0 Å². The number of H-pyrrole nitrogens is 1. The molecular formula is C23H21N7O4. The van der Waals surface area contributed by atoms with E-state index in [4.69, 9.17) is 4.74 Å². The number of hydrogen-bond acceptors (Lipinski definition) is 7. The molecule has 0 bridgehead atoms. The monoisotopic (exact) mass is 459 g/mol. The van der Waals surface area contributed by atoms with Crippen molar-refractivity contribution in [1.82, 2.24) is 34.8 Å². The molecule has 1 aliphatic heterocycles. The number of nitrogens with one attached hydrogen (secondary N) is 1. The van der Waals surface area contributed by atoms with Crippen molar-refractivity contribution in [2.24, 2.45) is 0 Å². The van der Waals surface area contributed by atoms with E-state index < -0.39 is 11.7 Å². The zero-order valence-corrected chi connectivity index (χ0v) is 18.3. The van der Waals surface area contributed by atoms with E-state index in [1.807, 2.05) is 18.2 Å². The van der Waals surface area contributed by atoms with Gasteiger partial charge in [0, 0.05) is 37.9 Å². The average molecular weight is 459 g/mol. The Labute approximate surface area is 193 Å². The van der Waals surface area contributed by atoms with Gasteiger partial charge in [-0.3, -0.25) is 14.4 Å². The molecule has 34 heavy (non-hydrogen) atoms. The van der Waals surface area contributed by atoms with Gasteiger partial charge in [-0.15, -0.1) is 4.80 Å². The number of pyridine rings is 1. The summed E-state index contributed by atoms with van der Waals surface area (Å²) < 4.78 is 5.40. The zero-order valence-electron chi connectivity index (χ0n) is 18.3. The number of ether oxygens (including phenoxy) is 1. The number of hydrogen-bond donors (Lipinski definition) is 1. The van der Waals surface area contributed by atoms with Crippen LogP contribution < -0.4 is 4.74 Å². The lowest BCUT2D eigenvalue weighted by Gasteiger charge is -2.34. The van der Waals surface area contributed by atoms with E-state index in [1.165, 1.54) is 41.6 Å². The second-order valence-electron chi connectivity index (χ2n) is 7.70. The maximum atomic E-state index is 13.2. The summed E-state index contributed by atoms with van der Waals surface area (Å²) in [5, 5.41) is 8.61. The summed E-state index contributed by atoms with van der Waals surface area (Å²) in [4.78, 5) is 50.8. The van der Waals surface area contributed by atoms with Crippen molar-refractivity contribution in [2.45, 2.75) is 0 Å². The van der Waals surface area contributed by atoms with E-state index in [2.05, 4.69) is 20.2 Å². The summed E-state index contributed by atoms with van der Waals surface area (Å²) in [6, 6.07) is 8.99. The van der Waals surface area contributed by atoms with Gasteiger partial charge < -0.3 is 19.5 Å². The summed E-state index contributed by atoms with van der Waals surface area (Å²) in [6.45, 7) is 1.24. The molecule has 0 unspecified atom stereocenters. The van der Waals surface area contributed by atoms with Gasteiger partial charge in [-0.1, -0.05) is 18.2 Å². The highest BCUT2D eigenvalue weighted by Crippen LogP contribution is 2.31. The van der Waals surface area contributed by atoms with Gasteiger partial charge in [0.1, 0.15) is 5.75 Å². The number of piperazine rings is 1. The van der Waals surface area contributed by atoms with Crippen molar-refractivity contribution in [2.75, 3.05) is 33.3 Å². The molecule has 4 heterocycles. The Morgan fingerprint density at radius 1 is 0.971 bits per heavy atom. The lowest BCUT2D eigenvalue weighted by atomic mass is 10.1. The minimum atomic E-state index is -0.669. The van der Waals surface area contributed by atoms with Gasteiger partial charge in [0.05, 0.1) is 42.2 Å². The fraction of sp³-hybridized carbons (Fsp3) is 0.217. The molecular weight excluding hydrogens is 438 g/mol. The maximum Gasteiger partial charge on any atom is 0.295 e. The van der Waals surface area contributed by atoms with Gasteiger partial charge in [-0.05, 0) is 12.1 Å². The normalized spacial score (nSPS) is 13.8. The number of amides is 2. The first-order chi connectivity index (χ1) is 16.6. The molecule has 1 saturated heterocycles. The highest BCUT2D eigenvalue weighted by Gasteiger charge is 2.31. The second-order valence-corrected chi connectivity index (χ2v) is 7.70. The van der Waals surface area contributed by atoms with Crippen LogP contribution >= 0.6 is 0 Å². The number of ketones is 1. The predicted molar refractivity (Wildman–Crippen MR) is 121 cm³/mol. The summed E-state index contributed by atoms with van der Waals surface area (Å²) >= 11 is 0. The standard InChI is InChI=1S/C23H21N7O4/c1-34-17-14-25-21(30-26-7-8-27-30)19-18(17)16(13-24-19)20(31)23(33)29-11-9-28(10-12-29)22(32)15-5-3-2-4-6-15/h2-8,13-14,24H,9-12H2,1H3. The Morgan fingerprint density at radius 2 is 1.65 bits per heavy atom. The van der Waals surface area contributed by atoms with Gasteiger partial charge in [-0.2, -0.15) is 10.2 Å². The molecule has 0 atom stereocenters. The van der Waals surface area contributed by atoms with Crippen LogP contribution in [0.25, 0.3) is 16.7 Å². The Hall–Kier alpha value is -4.54. The van der Waals surface area contributed by atoms with Crippen LogP contribution in [0, 0.1) is 0 Å². The van der Waals surface area contributed by atoms with Crippen LogP contribution in [-0.4, -0.2) is 85.6 Å². The summed E-state index contributed by atoms with van der Waals surface area (Å²) in [5.74, 6) is -0.669. The van der Waals surface area contributed by atoms with Crippen LogP contribution in [0.15, 0.2) is 55.1 Å². The minimum Gasteiger partial charge on any atom is -0.494 e. The Bertz CT molecular complexity index is 1360. The third-order valence-corrected chi connectivity index (χ3v) is 5.80. The molecule has 11 nitrogen and oxygen atoms in total. The first-order valence-electron chi connectivity index (χ1n) is 10.7. The van der Waals surface area contributed by atoms with E-state index in [0.717, 1.165) is 0 Å². The Kier molecular flexibility index (Phi) is 5.50. The molecule has 4 aromatic rings. The van der Waals surface area contributed by atoms with E-state index >= 15 is 0 Å². The molecule has 0 radical (unpaired) electrons. The molecule has 5 rings (SSSR count). The number of benzene rings is 1. The average Bonchev–Trinajstić information content (AvgIpc) is 3.58. The third kappa shape index (κ3) is 3.66. The number of Topliss-reactive ketones (excluding diaryl/α,β-unsaturated/α-hetero) is 1. The molecule has 2 amide bonds. The van der Waals surface area contributed by atoms with E-state index in [9.17, 15) is 14.4 Å². The Morgan fingerprint density at radius 3 is 2.32 bits per heavy atom. The van der Waals surface area contributed by atoms with Crippen LogP contribution in [0.2, 0.25) is 0 Å². The molecule has 1 N–H and O–H groups in total. The molecule has 3 aromatic heterocycles. The van der Waals surface area contributed by atoms with Crippen molar-refractivity contribution in [3.63, 3.8) is 0 Å². The van der Waals surface area contributed by atoms with E-state index in [1.54, 1.807) is 17.0 Å². The van der Waals surface area contributed by atoms with E-state index in [0.29, 0.717) is 41.1 Å². The summed E-state index contributed by atoms with van der Waals surface area (Å²) in [5.41, 5.74) is 1.25. The largest absolute Gasteiger partial charge is 0.494 e. The number of nitrogens with zero attached hydrogens (tertiary/aromatic N) is 6. The topological polar surface area (TPSA) is 126 Å². The first kappa shape index (κ1) is 21.3. The number of aromatic nitrogens is 5. The van der Waals surface area contributed by atoms with E-state index in [-0.39, 0.29) is 24.6 Å². The molecule has 11 heteroatoms. The van der Waals surface area contributed by atoms with Gasteiger partial charge in [0.25, 0.3) is 17.6 Å². The van der Waals surface area contributed by atoms with Crippen LogP contribution in [0.4, 0.5) is 0 Å². The molecule has 0 saturated carbocycles. The van der Waals surface area contributed by atoms with Crippen LogP contribution in [0.1, 0.15) is 20.7 Å². The molecule has 1 aliphatic rings. The molecule has 1 aromatic carbocycles. The number of fused-ring (bicyclic) bond motifs is 1. The van der Waals surface area contributed by atoms with Crippen molar-refractivity contribution < 1.29 is 19.1 Å². The first-order valence-corrected chi connectivity index (χ1v) is 10.7. The smallest absolute Gasteiger partial charge is 0.295 e. The van der Waals surface area contributed by atoms with Crippen molar-refractivity contribution in [3.8, 4) is 11.6 Å². The molecule has 0 aliphatic carbocycles. The second kappa shape index (κ2) is 8.77. The maximum absolute atomic E-state index is 13.2. The lowest BCUT2D eigenvalue weighted by molar-refractivity contribution is -0.127. The Balaban J connectivity index is 1.36. The number of methoxy groups -OCH3 is 1. The predicted octanol–water partition coefficient (Wildman–Crippen LogP) is 1.32. The highest BCUT2D eigenvalue weighted by molar-refractivity contribution is 6.45. The minimum absolute atomic E-state index is 0.0901. The third-order valence-electron chi connectivity index (χ3n) is 5.80.